The molecular formula is C17H11F3N2. The third-order valence-corrected chi connectivity index (χ3v) is 3.47. The molecule has 110 valence electrons. The fourth-order valence-corrected chi connectivity index (χ4v) is 2.57. The number of nitriles is 1. The van der Waals surface area contributed by atoms with Gasteiger partial charge < -0.3 is 4.98 Å². The zero-order chi connectivity index (χ0) is 15.7. The number of aromatic amines is 1. The standard InChI is InChI=1S/C17H11F3N2/c18-17(19,20)9-14-13-6-1-2-7-15(13)22-16(14)12-5-3-4-11(8-12)10-21/h1-8,22H,9H2. The van der Waals surface area contributed by atoms with Crippen LogP contribution in [0.4, 0.5) is 13.2 Å². The zero-order valence-corrected chi connectivity index (χ0v) is 11.4. The first-order chi connectivity index (χ1) is 10.5. The van der Waals surface area contributed by atoms with Crippen molar-refractivity contribution >= 4 is 10.9 Å². The van der Waals surface area contributed by atoms with Crippen molar-refractivity contribution in [3.63, 3.8) is 0 Å². The van der Waals surface area contributed by atoms with Gasteiger partial charge in [-0.3, -0.25) is 0 Å². The summed E-state index contributed by atoms with van der Waals surface area (Å²) in [5, 5.41) is 9.52. The fraction of sp³-hybridized carbons (Fsp3) is 0.118. The Morgan fingerprint density at radius 2 is 1.82 bits per heavy atom. The molecule has 0 saturated heterocycles. The van der Waals surface area contributed by atoms with Crippen molar-refractivity contribution in [2.24, 2.45) is 0 Å². The van der Waals surface area contributed by atoms with Gasteiger partial charge in [-0.15, -0.1) is 0 Å². The van der Waals surface area contributed by atoms with Crippen molar-refractivity contribution in [2.45, 2.75) is 12.6 Å². The molecule has 1 heterocycles. The summed E-state index contributed by atoms with van der Waals surface area (Å²) in [6.45, 7) is 0. The first-order valence-electron chi connectivity index (χ1n) is 6.65. The van der Waals surface area contributed by atoms with Gasteiger partial charge in [0.2, 0.25) is 0 Å². The van der Waals surface area contributed by atoms with Gasteiger partial charge in [-0.1, -0.05) is 30.3 Å². The molecule has 0 atom stereocenters. The molecule has 0 aliphatic heterocycles. The van der Waals surface area contributed by atoms with Crippen LogP contribution in [-0.2, 0) is 6.42 Å². The quantitative estimate of drug-likeness (QED) is 0.724. The molecule has 0 amide bonds. The van der Waals surface area contributed by atoms with Crippen molar-refractivity contribution in [1.82, 2.24) is 4.98 Å². The molecule has 3 rings (SSSR count). The van der Waals surface area contributed by atoms with Crippen molar-refractivity contribution in [2.75, 3.05) is 0 Å². The Hall–Kier alpha value is -2.74. The Labute approximate surface area is 124 Å². The minimum atomic E-state index is -4.30. The van der Waals surface area contributed by atoms with E-state index < -0.39 is 12.6 Å². The van der Waals surface area contributed by atoms with Crippen LogP contribution in [0.15, 0.2) is 48.5 Å². The lowest BCUT2D eigenvalue weighted by molar-refractivity contribution is -0.126. The number of nitrogens with one attached hydrogen (secondary N) is 1. The molecule has 0 aliphatic carbocycles. The van der Waals surface area contributed by atoms with E-state index in [0.717, 1.165) is 0 Å². The van der Waals surface area contributed by atoms with Crippen LogP contribution in [0, 0.1) is 11.3 Å². The second kappa shape index (κ2) is 5.23. The molecule has 0 bridgehead atoms. The number of fused-ring (bicyclic) bond motifs is 1. The topological polar surface area (TPSA) is 39.6 Å². The van der Waals surface area contributed by atoms with E-state index >= 15 is 0 Å². The Morgan fingerprint density at radius 1 is 1.05 bits per heavy atom. The third kappa shape index (κ3) is 2.68. The maximum atomic E-state index is 12.9. The normalized spacial score (nSPS) is 11.5. The SMILES string of the molecule is N#Cc1cccc(-c2[nH]c3ccccc3c2CC(F)(F)F)c1. The number of aromatic nitrogens is 1. The highest BCUT2D eigenvalue weighted by molar-refractivity contribution is 5.91. The van der Waals surface area contributed by atoms with Gasteiger partial charge >= 0.3 is 6.18 Å². The van der Waals surface area contributed by atoms with E-state index in [1.165, 1.54) is 0 Å². The van der Waals surface area contributed by atoms with Gasteiger partial charge in [-0.2, -0.15) is 18.4 Å². The molecule has 0 saturated carbocycles. The fourth-order valence-electron chi connectivity index (χ4n) is 2.57. The second-order valence-corrected chi connectivity index (χ2v) is 5.01. The minimum absolute atomic E-state index is 0.207. The predicted octanol–water partition coefficient (Wildman–Crippen LogP) is 4.81. The van der Waals surface area contributed by atoms with E-state index in [9.17, 15) is 13.2 Å². The molecule has 0 radical (unpaired) electrons. The average molecular weight is 300 g/mol. The number of rotatable bonds is 2. The predicted molar refractivity (Wildman–Crippen MR) is 78.2 cm³/mol. The van der Waals surface area contributed by atoms with E-state index in [1.807, 2.05) is 6.07 Å². The van der Waals surface area contributed by atoms with Gasteiger partial charge in [0, 0.05) is 10.9 Å². The number of para-hydroxylation sites is 1. The number of benzene rings is 2. The highest BCUT2D eigenvalue weighted by Gasteiger charge is 2.31. The van der Waals surface area contributed by atoms with E-state index in [2.05, 4.69) is 4.98 Å². The molecular weight excluding hydrogens is 289 g/mol. The van der Waals surface area contributed by atoms with Crippen LogP contribution in [0.25, 0.3) is 22.2 Å². The van der Waals surface area contributed by atoms with Gasteiger partial charge in [0.05, 0.1) is 23.7 Å². The van der Waals surface area contributed by atoms with E-state index in [4.69, 9.17) is 5.26 Å². The summed E-state index contributed by atoms with van der Waals surface area (Å²) in [5.74, 6) is 0. The summed E-state index contributed by atoms with van der Waals surface area (Å²) < 4.78 is 38.8. The summed E-state index contributed by atoms with van der Waals surface area (Å²) in [7, 11) is 0. The van der Waals surface area contributed by atoms with Gasteiger partial charge in [0.1, 0.15) is 0 Å². The summed E-state index contributed by atoms with van der Waals surface area (Å²) in [4.78, 5) is 3.04. The molecule has 1 N–H and O–H groups in total. The van der Waals surface area contributed by atoms with Gasteiger partial charge in [0.25, 0.3) is 0 Å². The monoisotopic (exact) mass is 300 g/mol. The highest BCUT2D eigenvalue weighted by atomic mass is 19.4. The molecule has 2 nitrogen and oxygen atoms in total. The third-order valence-electron chi connectivity index (χ3n) is 3.47. The smallest absolute Gasteiger partial charge is 0.354 e. The molecule has 3 aromatic rings. The second-order valence-electron chi connectivity index (χ2n) is 5.01. The highest BCUT2D eigenvalue weighted by Crippen LogP contribution is 2.35. The number of nitrogens with zero attached hydrogens (tertiary/aromatic N) is 1. The first kappa shape index (κ1) is 14.2. The molecule has 1 aromatic heterocycles. The number of hydrogen-bond acceptors (Lipinski definition) is 1. The van der Waals surface area contributed by atoms with E-state index in [1.54, 1.807) is 48.5 Å². The van der Waals surface area contributed by atoms with Gasteiger partial charge in [-0.25, -0.2) is 0 Å². The summed E-state index contributed by atoms with van der Waals surface area (Å²) in [6.07, 6.45) is -5.31. The molecule has 0 spiro atoms. The lowest BCUT2D eigenvalue weighted by Gasteiger charge is -2.09. The lowest BCUT2D eigenvalue weighted by atomic mass is 10.0. The maximum Gasteiger partial charge on any atom is 0.393 e. The van der Waals surface area contributed by atoms with E-state index in [-0.39, 0.29) is 5.56 Å². The van der Waals surface area contributed by atoms with Gasteiger partial charge in [-0.05, 0) is 29.3 Å². The van der Waals surface area contributed by atoms with Crippen LogP contribution in [0.5, 0.6) is 0 Å². The Morgan fingerprint density at radius 3 is 2.55 bits per heavy atom. The number of H-pyrrole nitrogens is 1. The Kier molecular flexibility index (Phi) is 3.38. The summed E-state index contributed by atoms with van der Waals surface area (Å²) in [6, 6.07) is 15.5. The number of hydrogen-bond donors (Lipinski definition) is 1. The number of alkyl halides is 3. The van der Waals surface area contributed by atoms with Crippen molar-refractivity contribution in [3.05, 3.63) is 59.7 Å². The van der Waals surface area contributed by atoms with Crippen molar-refractivity contribution in [1.29, 1.82) is 5.26 Å². The molecule has 0 aliphatic rings. The molecule has 0 unspecified atom stereocenters. The first-order valence-corrected chi connectivity index (χ1v) is 6.65. The van der Waals surface area contributed by atoms with Crippen LogP contribution in [0.1, 0.15) is 11.1 Å². The summed E-state index contributed by atoms with van der Waals surface area (Å²) in [5.41, 5.74) is 2.26. The van der Waals surface area contributed by atoms with Crippen LogP contribution < -0.4 is 0 Å². The zero-order valence-electron chi connectivity index (χ0n) is 11.4. The number of halogens is 3. The molecule has 22 heavy (non-hydrogen) atoms. The Balaban J connectivity index is 2.24. The minimum Gasteiger partial charge on any atom is -0.354 e. The van der Waals surface area contributed by atoms with Crippen LogP contribution >= 0.6 is 0 Å². The van der Waals surface area contributed by atoms with Gasteiger partial charge in [0.15, 0.2) is 0 Å². The molecule has 5 heteroatoms. The molecule has 2 aromatic carbocycles. The van der Waals surface area contributed by atoms with Crippen LogP contribution in [0.3, 0.4) is 0 Å². The van der Waals surface area contributed by atoms with Crippen LogP contribution in [0.2, 0.25) is 0 Å². The molecule has 0 fully saturated rings. The van der Waals surface area contributed by atoms with E-state index in [0.29, 0.717) is 27.7 Å². The maximum absolute atomic E-state index is 12.9. The lowest BCUT2D eigenvalue weighted by Crippen LogP contribution is -2.11. The van der Waals surface area contributed by atoms with Crippen molar-refractivity contribution < 1.29 is 13.2 Å². The van der Waals surface area contributed by atoms with Crippen molar-refractivity contribution in [3.8, 4) is 17.3 Å². The largest absolute Gasteiger partial charge is 0.393 e. The van der Waals surface area contributed by atoms with Crippen LogP contribution in [-0.4, -0.2) is 11.2 Å². The summed E-state index contributed by atoms with van der Waals surface area (Å²) >= 11 is 0. The Bertz CT molecular complexity index is 869. The average Bonchev–Trinajstić information content (AvgIpc) is 2.84.